The molecule has 1 aromatic rings. The van der Waals surface area contributed by atoms with Crippen molar-refractivity contribution < 1.29 is 0 Å². The fourth-order valence-corrected chi connectivity index (χ4v) is 3.78. The maximum absolute atomic E-state index is 4.45. The van der Waals surface area contributed by atoms with E-state index >= 15 is 0 Å². The lowest BCUT2D eigenvalue weighted by Gasteiger charge is -2.33. The summed E-state index contributed by atoms with van der Waals surface area (Å²) in [4.78, 5) is 6.87. The molecule has 1 saturated heterocycles. The van der Waals surface area contributed by atoms with Crippen LogP contribution in [0.5, 0.6) is 0 Å². The number of aliphatic imine (C=N–C) groups is 1. The van der Waals surface area contributed by atoms with Gasteiger partial charge in [0, 0.05) is 27.2 Å². The predicted molar refractivity (Wildman–Crippen MR) is 98.3 cm³/mol. The highest BCUT2D eigenvalue weighted by Gasteiger charge is 2.39. The molecule has 0 amide bonds. The first-order valence-corrected chi connectivity index (χ1v) is 8.01. The van der Waals surface area contributed by atoms with Crippen LogP contribution in [0.25, 0.3) is 0 Å². The minimum absolute atomic E-state index is 0. The van der Waals surface area contributed by atoms with E-state index in [1.807, 2.05) is 18.7 Å². The zero-order valence-electron chi connectivity index (χ0n) is 13.6. The standard InChI is InChI=1S/C15H26N6.HI/c1-16-14(17-10-13-19-18-12-20(13)2)21-9-8-15(11-21)6-4-3-5-7-15;/h12H,3-11H2,1-2H3,(H,16,17);1H. The number of aryl methyl sites for hydroxylation is 1. The largest absolute Gasteiger partial charge is 0.349 e. The fourth-order valence-electron chi connectivity index (χ4n) is 3.78. The Bertz CT molecular complexity index is 506. The van der Waals surface area contributed by atoms with Gasteiger partial charge in [-0.25, -0.2) is 0 Å². The smallest absolute Gasteiger partial charge is 0.194 e. The van der Waals surface area contributed by atoms with Crippen molar-refractivity contribution in [3.63, 3.8) is 0 Å². The van der Waals surface area contributed by atoms with Gasteiger partial charge in [0.05, 0.1) is 6.54 Å². The predicted octanol–water partition coefficient (Wildman–Crippen LogP) is 2.16. The van der Waals surface area contributed by atoms with Gasteiger partial charge in [-0.3, -0.25) is 4.99 Å². The van der Waals surface area contributed by atoms with E-state index in [1.165, 1.54) is 38.5 Å². The number of nitrogens with one attached hydrogen (secondary N) is 1. The Hall–Kier alpha value is -0.860. The second kappa shape index (κ2) is 7.61. The molecule has 2 aliphatic rings. The molecule has 1 spiro atoms. The van der Waals surface area contributed by atoms with Crippen LogP contribution in [-0.2, 0) is 13.6 Å². The molecule has 22 heavy (non-hydrogen) atoms. The van der Waals surface area contributed by atoms with Crippen LogP contribution in [0.3, 0.4) is 0 Å². The summed E-state index contributed by atoms with van der Waals surface area (Å²) in [5.74, 6) is 1.93. The number of halogens is 1. The minimum atomic E-state index is 0. The number of aromatic nitrogens is 3. The Kier molecular flexibility index (Phi) is 6.05. The van der Waals surface area contributed by atoms with Crippen LogP contribution in [0.1, 0.15) is 44.3 Å². The van der Waals surface area contributed by atoms with Crippen LogP contribution in [0.2, 0.25) is 0 Å². The zero-order chi connectivity index (χ0) is 14.7. The van der Waals surface area contributed by atoms with Gasteiger partial charge in [0.2, 0.25) is 0 Å². The third-order valence-corrected chi connectivity index (χ3v) is 5.07. The van der Waals surface area contributed by atoms with Crippen LogP contribution in [0.15, 0.2) is 11.3 Å². The van der Waals surface area contributed by atoms with E-state index in [0.29, 0.717) is 12.0 Å². The maximum Gasteiger partial charge on any atom is 0.194 e. The summed E-state index contributed by atoms with van der Waals surface area (Å²) in [6.07, 6.45) is 10.1. The van der Waals surface area contributed by atoms with E-state index in [0.717, 1.165) is 24.9 Å². The normalized spacial score (nSPS) is 21.0. The summed E-state index contributed by atoms with van der Waals surface area (Å²) in [5.41, 5.74) is 0.556. The van der Waals surface area contributed by atoms with Gasteiger partial charge in [-0.15, -0.1) is 34.2 Å². The van der Waals surface area contributed by atoms with Crippen molar-refractivity contribution in [3.8, 4) is 0 Å². The third-order valence-electron chi connectivity index (χ3n) is 5.07. The third kappa shape index (κ3) is 3.72. The molecule has 7 heteroatoms. The van der Waals surface area contributed by atoms with Gasteiger partial charge < -0.3 is 14.8 Å². The number of guanidine groups is 1. The Balaban J connectivity index is 0.00000176. The van der Waals surface area contributed by atoms with Gasteiger partial charge in [-0.2, -0.15) is 0 Å². The number of rotatable bonds is 2. The first-order valence-electron chi connectivity index (χ1n) is 8.01. The van der Waals surface area contributed by atoms with Gasteiger partial charge >= 0.3 is 0 Å². The van der Waals surface area contributed by atoms with Crippen LogP contribution < -0.4 is 5.32 Å². The number of nitrogens with zero attached hydrogens (tertiary/aromatic N) is 5. The highest BCUT2D eigenvalue weighted by molar-refractivity contribution is 14.0. The van der Waals surface area contributed by atoms with E-state index in [2.05, 4.69) is 25.4 Å². The zero-order valence-corrected chi connectivity index (χ0v) is 15.9. The lowest BCUT2D eigenvalue weighted by atomic mass is 9.73. The summed E-state index contributed by atoms with van der Waals surface area (Å²) in [7, 11) is 3.83. The van der Waals surface area contributed by atoms with Crippen molar-refractivity contribution in [1.82, 2.24) is 25.0 Å². The fraction of sp³-hybridized carbons (Fsp3) is 0.800. The molecule has 1 aliphatic carbocycles. The lowest BCUT2D eigenvalue weighted by Crippen LogP contribution is -2.41. The highest BCUT2D eigenvalue weighted by Crippen LogP contribution is 2.43. The molecular formula is C15H27IN6. The van der Waals surface area contributed by atoms with Gasteiger partial charge in [0.1, 0.15) is 6.33 Å². The first-order chi connectivity index (χ1) is 10.2. The first kappa shape index (κ1) is 17.5. The second-order valence-electron chi connectivity index (χ2n) is 6.49. The minimum Gasteiger partial charge on any atom is -0.349 e. The van der Waals surface area contributed by atoms with Gasteiger partial charge in [0.15, 0.2) is 11.8 Å². The Morgan fingerprint density at radius 2 is 2.09 bits per heavy atom. The average Bonchev–Trinajstić information content (AvgIpc) is 3.08. The maximum atomic E-state index is 4.45. The Morgan fingerprint density at radius 3 is 2.73 bits per heavy atom. The van der Waals surface area contributed by atoms with E-state index in [4.69, 9.17) is 0 Å². The summed E-state index contributed by atoms with van der Waals surface area (Å²) in [5, 5.41) is 11.4. The van der Waals surface area contributed by atoms with Crippen molar-refractivity contribution in [2.75, 3.05) is 20.1 Å². The molecule has 3 rings (SSSR count). The molecule has 0 bridgehead atoms. The average molecular weight is 418 g/mol. The molecule has 124 valence electrons. The Morgan fingerprint density at radius 1 is 1.32 bits per heavy atom. The van der Waals surface area contributed by atoms with E-state index < -0.39 is 0 Å². The van der Waals surface area contributed by atoms with E-state index in [9.17, 15) is 0 Å². The molecule has 2 heterocycles. The van der Waals surface area contributed by atoms with Crippen molar-refractivity contribution >= 4 is 29.9 Å². The van der Waals surface area contributed by atoms with Crippen LogP contribution in [0, 0.1) is 5.41 Å². The van der Waals surface area contributed by atoms with E-state index in [1.54, 1.807) is 6.33 Å². The van der Waals surface area contributed by atoms with Gasteiger partial charge in [-0.1, -0.05) is 19.3 Å². The molecule has 1 aliphatic heterocycles. The number of hydrogen-bond acceptors (Lipinski definition) is 3. The quantitative estimate of drug-likeness (QED) is 0.455. The molecule has 0 aromatic carbocycles. The molecule has 0 radical (unpaired) electrons. The highest BCUT2D eigenvalue weighted by atomic mass is 127. The van der Waals surface area contributed by atoms with Crippen LogP contribution in [-0.4, -0.2) is 45.8 Å². The number of likely N-dealkylation sites (tertiary alicyclic amines) is 1. The molecular weight excluding hydrogens is 391 g/mol. The summed E-state index contributed by atoms with van der Waals surface area (Å²) < 4.78 is 1.94. The number of hydrogen-bond donors (Lipinski definition) is 1. The summed E-state index contributed by atoms with van der Waals surface area (Å²) >= 11 is 0. The summed E-state index contributed by atoms with van der Waals surface area (Å²) in [6.45, 7) is 2.96. The van der Waals surface area contributed by atoms with Crippen molar-refractivity contribution in [2.45, 2.75) is 45.1 Å². The lowest BCUT2D eigenvalue weighted by molar-refractivity contribution is 0.203. The molecule has 2 fully saturated rings. The van der Waals surface area contributed by atoms with Crippen LogP contribution in [0.4, 0.5) is 0 Å². The van der Waals surface area contributed by atoms with Crippen molar-refractivity contribution in [1.29, 1.82) is 0 Å². The van der Waals surface area contributed by atoms with Crippen LogP contribution >= 0.6 is 24.0 Å². The molecule has 0 unspecified atom stereocenters. The van der Waals surface area contributed by atoms with Crippen molar-refractivity contribution in [3.05, 3.63) is 12.2 Å². The Labute approximate surface area is 149 Å². The van der Waals surface area contributed by atoms with Gasteiger partial charge in [0.25, 0.3) is 0 Å². The van der Waals surface area contributed by atoms with Gasteiger partial charge in [-0.05, 0) is 24.7 Å². The molecule has 1 N–H and O–H groups in total. The second-order valence-corrected chi connectivity index (χ2v) is 6.49. The summed E-state index contributed by atoms with van der Waals surface area (Å²) in [6, 6.07) is 0. The topological polar surface area (TPSA) is 58.3 Å². The van der Waals surface area contributed by atoms with Crippen molar-refractivity contribution in [2.24, 2.45) is 17.5 Å². The molecule has 6 nitrogen and oxygen atoms in total. The molecule has 0 atom stereocenters. The monoisotopic (exact) mass is 418 g/mol. The SMILES string of the molecule is CN=C(NCc1nncn1C)N1CCC2(CCCCC2)C1.I. The molecule has 1 aromatic heterocycles. The van der Waals surface area contributed by atoms with E-state index in [-0.39, 0.29) is 24.0 Å². The molecule has 1 saturated carbocycles.